The number of rotatable bonds is 53. The molecule has 8 N–H and O–H groups in total. The first-order chi connectivity index (χ1) is 35.7. The predicted molar refractivity (Wildman–Crippen MR) is 302 cm³/mol. The molecule has 0 aromatic heterocycles. The van der Waals surface area contributed by atoms with Crippen LogP contribution in [-0.2, 0) is 14.3 Å². The molecule has 0 radical (unpaired) electrons. The van der Waals surface area contributed by atoms with Gasteiger partial charge in [-0.25, -0.2) is 0 Å². The molecule has 0 bridgehead atoms. The van der Waals surface area contributed by atoms with E-state index in [2.05, 4.69) is 55.6 Å². The van der Waals surface area contributed by atoms with E-state index in [9.17, 15) is 40.5 Å². The first kappa shape index (κ1) is 69.3. The Morgan fingerprint density at radius 2 is 0.822 bits per heavy atom. The van der Waals surface area contributed by atoms with E-state index in [4.69, 9.17) is 9.47 Å². The summed E-state index contributed by atoms with van der Waals surface area (Å²) in [5, 5.41) is 76.1. The van der Waals surface area contributed by atoms with Crippen LogP contribution in [0.2, 0.25) is 0 Å². The third-order valence-corrected chi connectivity index (χ3v) is 14.9. The van der Waals surface area contributed by atoms with Gasteiger partial charge in [-0.05, 0) is 77.0 Å². The van der Waals surface area contributed by atoms with E-state index >= 15 is 0 Å². The van der Waals surface area contributed by atoms with Crippen molar-refractivity contribution in [3.8, 4) is 0 Å². The number of ether oxygens (including phenoxy) is 2. The zero-order valence-corrected chi connectivity index (χ0v) is 47.1. The molecular formula is C62H117NO10. The van der Waals surface area contributed by atoms with Gasteiger partial charge in [0.1, 0.15) is 36.6 Å². The maximum Gasteiger partial charge on any atom is 0.249 e. The van der Waals surface area contributed by atoms with E-state index in [-0.39, 0.29) is 12.8 Å². The highest BCUT2D eigenvalue weighted by molar-refractivity contribution is 5.80. The summed E-state index contributed by atoms with van der Waals surface area (Å²) in [4.78, 5) is 13.2. The van der Waals surface area contributed by atoms with Crippen molar-refractivity contribution in [2.75, 3.05) is 13.2 Å². The van der Waals surface area contributed by atoms with Crippen LogP contribution in [0.25, 0.3) is 0 Å². The first-order valence-corrected chi connectivity index (χ1v) is 30.9. The summed E-state index contributed by atoms with van der Waals surface area (Å²) in [6.07, 6.45) is 52.2. The number of aliphatic hydroxyl groups is 7. The molecule has 9 atom stereocenters. The van der Waals surface area contributed by atoms with Gasteiger partial charge in [0.05, 0.1) is 25.4 Å². The third kappa shape index (κ3) is 39.4. The Labute approximate surface area is 447 Å². The molecule has 0 aliphatic carbocycles. The molecule has 1 fully saturated rings. The molecule has 11 nitrogen and oxygen atoms in total. The van der Waals surface area contributed by atoms with Crippen molar-refractivity contribution < 1.29 is 50.0 Å². The summed E-state index contributed by atoms with van der Waals surface area (Å²) in [5.41, 5.74) is 0. The van der Waals surface area contributed by atoms with Crippen molar-refractivity contribution in [2.45, 2.75) is 339 Å². The van der Waals surface area contributed by atoms with Crippen LogP contribution in [0.5, 0.6) is 0 Å². The van der Waals surface area contributed by atoms with E-state index in [1.165, 1.54) is 180 Å². The van der Waals surface area contributed by atoms with Crippen molar-refractivity contribution in [3.63, 3.8) is 0 Å². The summed E-state index contributed by atoms with van der Waals surface area (Å²) in [5.74, 6) is -0.714. The minimum atomic E-state index is -1.67. The van der Waals surface area contributed by atoms with E-state index in [0.717, 1.165) is 57.8 Å². The second kappa shape index (κ2) is 51.1. The molecule has 0 saturated carbocycles. The van der Waals surface area contributed by atoms with Crippen molar-refractivity contribution in [1.29, 1.82) is 0 Å². The Morgan fingerprint density at radius 1 is 0.466 bits per heavy atom. The highest BCUT2D eigenvalue weighted by atomic mass is 16.7. The smallest absolute Gasteiger partial charge is 0.249 e. The van der Waals surface area contributed by atoms with Crippen LogP contribution in [0.15, 0.2) is 36.5 Å². The topological polar surface area (TPSA) is 189 Å². The normalized spacial score (nSPS) is 20.2. The minimum Gasteiger partial charge on any atom is -0.394 e. The van der Waals surface area contributed by atoms with Gasteiger partial charge in [0.15, 0.2) is 6.29 Å². The van der Waals surface area contributed by atoms with Gasteiger partial charge in [-0.3, -0.25) is 4.79 Å². The number of hydrogen-bond donors (Lipinski definition) is 8. The molecule has 73 heavy (non-hydrogen) atoms. The fourth-order valence-electron chi connectivity index (χ4n) is 9.87. The Hall–Kier alpha value is -1.67. The van der Waals surface area contributed by atoms with Gasteiger partial charge < -0.3 is 50.5 Å². The van der Waals surface area contributed by atoms with E-state index < -0.39 is 74.2 Å². The summed E-state index contributed by atoms with van der Waals surface area (Å²) < 4.78 is 11.1. The van der Waals surface area contributed by atoms with Crippen LogP contribution in [0.1, 0.15) is 284 Å². The quantitative estimate of drug-likeness (QED) is 0.0215. The summed E-state index contributed by atoms with van der Waals surface area (Å²) in [6.45, 7) is 3.45. The van der Waals surface area contributed by atoms with Crippen molar-refractivity contribution in [2.24, 2.45) is 0 Å². The zero-order valence-electron chi connectivity index (χ0n) is 47.1. The number of unbranched alkanes of at least 4 members (excludes halogenated alkanes) is 35. The lowest BCUT2D eigenvalue weighted by Crippen LogP contribution is -2.60. The Balaban J connectivity index is 2.27. The fourth-order valence-corrected chi connectivity index (χ4v) is 9.87. The van der Waals surface area contributed by atoms with Crippen LogP contribution in [-0.4, -0.2) is 110 Å². The van der Waals surface area contributed by atoms with Crippen LogP contribution in [0, 0.1) is 0 Å². The molecule has 1 aliphatic rings. The van der Waals surface area contributed by atoms with Crippen LogP contribution < -0.4 is 5.32 Å². The number of amides is 1. The summed E-state index contributed by atoms with van der Waals surface area (Å²) >= 11 is 0. The van der Waals surface area contributed by atoms with Crippen LogP contribution >= 0.6 is 0 Å². The molecule has 1 saturated heterocycles. The summed E-state index contributed by atoms with van der Waals surface area (Å²) in [7, 11) is 0. The van der Waals surface area contributed by atoms with Gasteiger partial charge in [0.2, 0.25) is 5.91 Å². The molecule has 11 heteroatoms. The molecule has 1 heterocycles. The highest BCUT2D eigenvalue weighted by Crippen LogP contribution is 2.23. The highest BCUT2D eigenvalue weighted by Gasteiger charge is 2.44. The SMILES string of the molecule is CCCCCCCC/C=C\CCCCCCCCC(O)C(=O)NC(COC1OC(CO)C(O)C(O)C1O)C(O)C(O)CCC/C=C/CC/C=C/CCCCCCCCCCCCCCCCCCCCCCC. The van der Waals surface area contributed by atoms with Crippen molar-refractivity contribution in [1.82, 2.24) is 5.32 Å². The third-order valence-electron chi connectivity index (χ3n) is 14.9. The second-order valence-corrected chi connectivity index (χ2v) is 21.8. The van der Waals surface area contributed by atoms with E-state index in [1.54, 1.807) is 0 Å². The Bertz CT molecular complexity index is 1280. The molecule has 9 unspecified atom stereocenters. The number of hydrogen-bond acceptors (Lipinski definition) is 10. The largest absolute Gasteiger partial charge is 0.394 e. The van der Waals surface area contributed by atoms with Crippen LogP contribution in [0.3, 0.4) is 0 Å². The van der Waals surface area contributed by atoms with Crippen molar-refractivity contribution in [3.05, 3.63) is 36.5 Å². The molecule has 0 spiro atoms. The molecule has 1 rings (SSSR count). The molecule has 1 aliphatic heterocycles. The van der Waals surface area contributed by atoms with Gasteiger partial charge in [-0.2, -0.15) is 0 Å². The number of nitrogens with one attached hydrogen (secondary N) is 1. The number of carbonyl (C=O) groups is 1. The van der Waals surface area contributed by atoms with Crippen LogP contribution in [0.4, 0.5) is 0 Å². The van der Waals surface area contributed by atoms with Gasteiger partial charge in [-0.15, -0.1) is 0 Å². The number of allylic oxidation sites excluding steroid dienone is 6. The molecule has 430 valence electrons. The maximum atomic E-state index is 13.2. The lowest BCUT2D eigenvalue weighted by molar-refractivity contribution is -0.303. The minimum absolute atomic E-state index is 0.244. The molecule has 0 aromatic rings. The number of carbonyl (C=O) groups excluding carboxylic acids is 1. The predicted octanol–water partition coefficient (Wildman–Crippen LogP) is 13.5. The van der Waals surface area contributed by atoms with Gasteiger partial charge in [0.25, 0.3) is 0 Å². The number of aliphatic hydroxyl groups excluding tert-OH is 7. The average Bonchev–Trinajstić information content (AvgIpc) is 3.39. The van der Waals surface area contributed by atoms with Gasteiger partial charge >= 0.3 is 0 Å². The molecule has 0 aromatic carbocycles. The standard InChI is InChI=1S/C62H117NO10/c1-3-5-7-9-11-13-15-17-19-21-22-23-24-25-26-27-28-29-30-31-32-33-34-36-37-39-41-43-45-47-49-54(65)57(67)53(52-72-62-60(70)59(69)58(68)56(51-64)73-62)63-61(71)55(66)50-48-46-44-42-40-38-35-20-18-16-14-12-10-8-6-4-2/h18,20,34,36,41,43,53-60,62,64-70H,3-17,19,21-33,35,37-40,42,44-52H2,1-2H3,(H,63,71)/b20-18-,36-34+,43-41+. The second-order valence-electron chi connectivity index (χ2n) is 21.8. The van der Waals surface area contributed by atoms with Gasteiger partial charge in [-0.1, -0.05) is 243 Å². The first-order valence-electron chi connectivity index (χ1n) is 30.9. The fraction of sp³-hybridized carbons (Fsp3) is 0.887. The van der Waals surface area contributed by atoms with E-state index in [1.807, 2.05) is 0 Å². The monoisotopic (exact) mass is 1040 g/mol. The lowest BCUT2D eigenvalue weighted by Gasteiger charge is -2.40. The van der Waals surface area contributed by atoms with Gasteiger partial charge in [0, 0.05) is 0 Å². The maximum absolute atomic E-state index is 13.2. The van der Waals surface area contributed by atoms with E-state index in [0.29, 0.717) is 19.3 Å². The average molecular weight is 1040 g/mol. The van der Waals surface area contributed by atoms with Crippen molar-refractivity contribution >= 4 is 5.91 Å². The Morgan fingerprint density at radius 3 is 1.22 bits per heavy atom. The molecular weight excluding hydrogens is 919 g/mol. The zero-order chi connectivity index (χ0) is 53.3. The summed E-state index contributed by atoms with van der Waals surface area (Å²) in [6, 6.07) is -1.19. The Kier molecular flexibility index (Phi) is 48.5. The molecule has 1 amide bonds. The lowest BCUT2D eigenvalue weighted by atomic mass is 9.98.